The summed E-state index contributed by atoms with van der Waals surface area (Å²) in [6, 6.07) is 9.07. The number of carbonyl (C=O) groups is 3. The smallest absolute Gasteiger partial charge is 0.410 e. The van der Waals surface area contributed by atoms with Gasteiger partial charge >= 0.3 is 6.09 Å². The monoisotopic (exact) mass is 471 g/mol. The number of likely N-dealkylation sites (tertiary alicyclic amines) is 2. The molecular formula is C27H41N3O4. The first kappa shape index (κ1) is 26.0. The van der Waals surface area contributed by atoms with Crippen LogP contribution in [0.2, 0.25) is 0 Å². The molecule has 3 rings (SSSR count). The van der Waals surface area contributed by atoms with E-state index in [-0.39, 0.29) is 29.9 Å². The molecule has 0 spiro atoms. The molecule has 7 heteroatoms. The molecule has 2 aliphatic rings. The van der Waals surface area contributed by atoms with Crippen molar-refractivity contribution in [2.45, 2.75) is 84.4 Å². The fraction of sp³-hybridized carbons (Fsp3) is 0.667. The molecule has 0 saturated carbocycles. The average molecular weight is 472 g/mol. The summed E-state index contributed by atoms with van der Waals surface area (Å²) < 4.78 is 5.63. The summed E-state index contributed by atoms with van der Waals surface area (Å²) in [7, 11) is 0. The van der Waals surface area contributed by atoms with Gasteiger partial charge in [-0.25, -0.2) is 4.79 Å². The first-order valence-corrected chi connectivity index (χ1v) is 12.7. The van der Waals surface area contributed by atoms with Gasteiger partial charge in [-0.05, 0) is 71.8 Å². The molecule has 2 saturated heterocycles. The van der Waals surface area contributed by atoms with Crippen LogP contribution in [0.25, 0.3) is 0 Å². The van der Waals surface area contributed by atoms with E-state index in [1.165, 1.54) is 0 Å². The fourth-order valence-corrected chi connectivity index (χ4v) is 4.87. The Morgan fingerprint density at radius 3 is 2.41 bits per heavy atom. The molecule has 1 aromatic carbocycles. The van der Waals surface area contributed by atoms with Crippen LogP contribution in [-0.2, 0) is 14.3 Å². The quantitative estimate of drug-likeness (QED) is 0.607. The Kier molecular flexibility index (Phi) is 8.61. The van der Waals surface area contributed by atoms with Gasteiger partial charge in [-0.2, -0.15) is 0 Å². The van der Waals surface area contributed by atoms with Crippen LogP contribution in [-0.4, -0.2) is 70.4 Å². The number of hydrogen-bond donors (Lipinski definition) is 0. The van der Waals surface area contributed by atoms with E-state index in [2.05, 4.69) is 0 Å². The van der Waals surface area contributed by atoms with Crippen molar-refractivity contribution >= 4 is 17.9 Å². The summed E-state index contributed by atoms with van der Waals surface area (Å²) in [5.74, 6) is 0.207. The third kappa shape index (κ3) is 6.73. The topological polar surface area (TPSA) is 70.2 Å². The number of piperidine rings is 2. The number of benzene rings is 1. The highest BCUT2D eigenvalue weighted by Crippen LogP contribution is 2.30. The molecule has 2 aliphatic heterocycles. The SMILES string of the molecule is CC(C)N(CC1CCCN(C(=O)C(c2ccccc2)N2CCCCC2=O)C1)C(=O)OC(C)(C)C. The average Bonchev–Trinajstić information content (AvgIpc) is 2.78. The molecule has 2 heterocycles. The van der Waals surface area contributed by atoms with Gasteiger partial charge in [0, 0.05) is 38.6 Å². The molecule has 2 fully saturated rings. The molecular weight excluding hydrogens is 430 g/mol. The Balaban J connectivity index is 1.75. The molecule has 3 amide bonds. The Hall–Kier alpha value is -2.57. The molecule has 0 radical (unpaired) electrons. The van der Waals surface area contributed by atoms with Gasteiger partial charge in [-0.3, -0.25) is 9.59 Å². The molecule has 7 nitrogen and oxygen atoms in total. The van der Waals surface area contributed by atoms with Gasteiger partial charge in [0.1, 0.15) is 11.6 Å². The molecule has 1 aromatic rings. The minimum absolute atomic E-state index is 0.00367. The highest BCUT2D eigenvalue weighted by molar-refractivity contribution is 5.89. The number of hydrogen-bond acceptors (Lipinski definition) is 4. The van der Waals surface area contributed by atoms with Crippen molar-refractivity contribution in [3.8, 4) is 0 Å². The standard InChI is InChI=1S/C27H41N3O4/c1-20(2)30(26(33)34-27(3,4)5)19-21-12-11-16-28(18-21)25(32)24(22-13-7-6-8-14-22)29-17-10-9-15-23(29)31/h6-8,13-14,20-21,24H,9-12,15-19H2,1-5H3. The molecule has 2 unspecified atom stereocenters. The predicted molar refractivity (Wildman–Crippen MR) is 132 cm³/mol. The highest BCUT2D eigenvalue weighted by Gasteiger charge is 2.37. The molecule has 188 valence electrons. The summed E-state index contributed by atoms with van der Waals surface area (Å²) >= 11 is 0. The van der Waals surface area contributed by atoms with E-state index >= 15 is 0 Å². The lowest BCUT2D eigenvalue weighted by Crippen LogP contribution is -2.51. The minimum Gasteiger partial charge on any atom is -0.444 e. The fourth-order valence-electron chi connectivity index (χ4n) is 4.87. The van der Waals surface area contributed by atoms with Crippen molar-refractivity contribution in [3.05, 3.63) is 35.9 Å². The number of amides is 3. The maximum Gasteiger partial charge on any atom is 0.410 e. The number of nitrogens with zero attached hydrogens (tertiary/aromatic N) is 3. The van der Waals surface area contributed by atoms with Crippen LogP contribution in [0.15, 0.2) is 30.3 Å². The van der Waals surface area contributed by atoms with Gasteiger partial charge in [0.2, 0.25) is 11.8 Å². The highest BCUT2D eigenvalue weighted by atomic mass is 16.6. The van der Waals surface area contributed by atoms with Crippen molar-refractivity contribution in [2.75, 3.05) is 26.2 Å². The lowest BCUT2D eigenvalue weighted by molar-refractivity contribution is -0.149. The summed E-state index contributed by atoms with van der Waals surface area (Å²) in [6.45, 7) is 12.0. The van der Waals surface area contributed by atoms with Crippen molar-refractivity contribution in [3.63, 3.8) is 0 Å². The van der Waals surface area contributed by atoms with Crippen LogP contribution in [0.1, 0.15) is 78.3 Å². The van der Waals surface area contributed by atoms with Crippen molar-refractivity contribution in [2.24, 2.45) is 5.92 Å². The number of rotatable bonds is 6. The lowest BCUT2D eigenvalue weighted by Gasteiger charge is -2.41. The molecule has 2 atom stereocenters. The van der Waals surface area contributed by atoms with Gasteiger partial charge < -0.3 is 19.4 Å². The molecule has 0 N–H and O–H groups in total. The predicted octanol–water partition coefficient (Wildman–Crippen LogP) is 4.62. The molecule has 0 bridgehead atoms. The van der Waals surface area contributed by atoms with Crippen LogP contribution in [0.5, 0.6) is 0 Å². The van der Waals surface area contributed by atoms with E-state index < -0.39 is 11.6 Å². The normalized spacial score (nSPS) is 20.3. The van der Waals surface area contributed by atoms with E-state index in [9.17, 15) is 14.4 Å². The second-order valence-electron chi connectivity index (χ2n) is 10.9. The van der Waals surface area contributed by atoms with Crippen LogP contribution in [0.4, 0.5) is 4.79 Å². The van der Waals surface area contributed by atoms with E-state index in [0.717, 1.165) is 31.2 Å². The lowest BCUT2D eigenvalue weighted by atomic mass is 9.94. The summed E-state index contributed by atoms with van der Waals surface area (Å²) in [6.07, 6.45) is 3.82. The summed E-state index contributed by atoms with van der Waals surface area (Å²) in [5, 5.41) is 0. The van der Waals surface area contributed by atoms with Crippen molar-refractivity contribution < 1.29 is 19.1 Å². The van der Waals surface area contributed by atoms with Crippen LogP contribution >= 0.6 is 0 Å². The van der Waals surface area contributed by atoms with Gasteiger partial charge in [0.05, 0.1) is 0 Å². The first-order valence-electron chi connectivity index (χ1n) is 12.7. The maximum absolute atomic E-state index is 13.9. The van der Waals surface area contributed by atoms with Crippen LogP contribution in [0, 0.1) is 5.92 Å². The Bertz CT molecular complexity index is 849. The van der Waals surface area contributed by atoms with E-state index in [0.29, 0.717) is 32.6 Å². The van der Waals surface area contributed by atoms with E-state index in [1.54, 1.807) is 9.80 Å². The zero-order valence-electron chi connectivity index (χ0n) is 21.5. The van der Waals surface area contributed by atoms with Crippen molar-refractivity contribution in [1.29, 1.82) is 0 Å². The zero-order chi connectivity index (χ0) is 24.9. The molecule has 34 heavy (non-hydrogen) atoms. The van der Waals surface area contributed by atoms with E-state index in [1.807, 2.05) is 69.9 Å². The third-order valence-electron chi connectivity index (χ3n) is 6.56. The summed E-state index contributed by atoms with van der Waals surface area (Å²) in [5.41, 5.74) is 0.310. The Morgan fingerprint density at radius 1 is 1.09 bits per heavy atom. The zero-order valence-corrected chi connectivity index (χ0v) is 21.5. The van der Waals surface area contributed by atoms with Crippen molar-refractivity contribution in [1.82, 2.24) is 14.7 Å². The van der Waals surface area contributed by atoms with Gasteiger partial charge in [-0.15, -0.1) is 0 Å². The largest absolute Gasteiger partial charge is 0.444 e. The van der Waals surface area contributed by atoms with Gasteiger partial charge in [0.15, 0.2) is 0 Å². The van der Waals surface area contributed by atoms with Gasteiger partial charge in [-0.1, -0.05) is 30.3 Å². The summed E-state index contributed by atoms with van der Waals surface area (Å²) in [4.78, 5) is 44.9. The second kappa shape index (κ2) is 11.2. The Labute approximate surface area is 204 Å². The minimum atomic E-state index is -0.584. The second-order valence-corrected chi connectivity index (χ2v) is 10.9. The number of carbonyl (C=O) groups excluding carboxylic acids is 3. The molecule has 0 aromatic heterocycles. The third-order valence-corrected chi connectivity index (χ3v) is 6.56. The maximum atomic E-state index is 13.9. The van der Waals surface area contributed by atoms with E-state index in [4.69, 9.17) is 4.74 Å². The first-order chi connectivity index (χ1) is 16.1. The molecule has 0 aliphatic carbocycles. The van der Waals surface area contributed by atoms with Gasteiger partial charge in [0.25, 0.3) is 0 Å². The Morgan fingerprint density at radius 2 is 1.79 bits per heavy atom. The van der Waals surface area contributed by atoms with Crippen LogP contribution < -0.4 is 0 Å². The van der Waals surface area contributed by atoms with Crippen LogP contribution in [0.3, 0.4) is 0 Å². The number of ether oxygens (including phenoxy) is 1.